The van der Waals surface area contributed by atoms with Crippen LogP contribution in [0.15, 0.2) is 72.8 Å². The minimum Gasteiger partial charge on any atom is -0.394 e. The molecule has 3 aromatic carbocycles. The summed E-state index contributed by atoms with van der Waals surface area (Å²) in [6.45, 7) is -0.858. The number of β-lactam (4-membered cyclic amide) rings is 1. The van der Waals surface area contributed by atoms with E-state index in [1.54, 1.807) is 0 Å². The van der Waals surface area contributed by atoms with Crippen LogP contribution in [0.4, 0.5) is 23.2 Å². The van der Waals surface area contributed by atoms with Crippen LogP contribution in [0.3, 0.4) is 0 Å². The van der Waals surface area contributed by atoms with E-state index < -0.39 is 78.3 Å². The number of aliphatic hydroxyl groups excluding tert-OH is 5. The zero-order valence-electron chi connectivity index (χ0n) is 22.7. The van der Waals surface area contributed by atoms with Gasteiger partial charge in [-0.3, -0.25) is 4.79 Å². The lowest BCUT2D eigenvalue weighted by atomic mass is 9.78. The number of anilines is 1. The van der Waals surface area contributed by atoms with E-state index in [2.05, 4.69) is 0 Å². The van der Waals surface area contributed by atoms with Crippen molar-refractivity contribution in [1.82, 2.24) is 0 Å². The second-order valence-corrected chi connectivity index (χ2v) is 10.9. The van der Waals surface area contributed by atoms with E-state index in [-0.39, 0.29) is 18.7 Å². The number of carbonyl (C=O) groups excluding carboxylic acids is 1. The molecule has 8 atom stereocenters. The Morgan fingerprint density at radius 3 is 2.00 bits per heavy atom. The summed E-state index contributed by atoms with van der Waals surface area (Å²) in [6, 6.07) is 14.8. The summed E-state index contributed by atoms with van der Waals surface area (Å²) < 4.78 is 63.0. The summed E-state index contributed by atoms with van der Waals surface area (Å²) in [7, 11) is 0. The zero-order valence-corrected chi connectivity index (χ0v) is 22.7. The van der Waals surface area contributed by atoms with Crippen LogP contribution >= 0.6 is 0 Å². The van der Waals surface area contributed by atoms with Crippen molar-refractivity contribution in [2.75, 3.05) is 11.5 Å². The number of alkyl halides is 2. The van der Waals surface area contributed by atoms with Gasteiger partial charge in [-0.15, -0.1) is 0 Å². The van der Waals surface area contributed by atoms with Crippen LogP contribution in [0, 0.1) is 17.6 Å². The van der Waals surface area contributed by atoms with E-state index in [0.717, 1.165) is 12.1 Å². The van der Waals surface area contributed by atoms with Crippen molar-refractivity contribution in [2.24, 2.45) is 5.92 Å². The standard InChI is InChI=1S/C31H31F4NO7/c32-19-7-3-16(4-8-19)23(38)14-13-22-25(36(30(22)42)21-11-9-20(33)10-12-21)17-1-5-18(6-2-17)31(34,35)29-28(41)27(40)26(39)24(15-37)43-29/h1-12,22-29,37-41H,13-15H2/t22-,23+,24-,25-,26-,27+,28-,29?/m1/s1. The smallest absolute Gasteiger partial charge is 0.301 e. The summed E-state index contributed by atoms with van der Waals surface area (Å²) in [5.74, 6) is -5.78. The Kier molecular flexibility index (Phi) is 8.89. The molecule has 2 aliphatic heterocycles. The first-order valence-corrected chi connectivity index (χ1v) is 13.7. The molecule has 2 fully saturated rings. The molecule has 0 radical (unpaired) electrons. The molecule has 2 heterocycles. The van der Waals surface area contributed by atoms with Crippen LogP contribution in [0.1, 0.15) is 41.7 Å². The molecule has 2 saturated heterocycles. The van der Waals surface area contributed by atoms with E-state index in [1.165, 1.54) is 65.6 Å². The first kappa shape index (κ1) is 31.0. The highest BCUT2D eigenvalue weighted by atomic mass is 19.3. The molecular formula is C31H31F4NO7. The van der Waals surface area contributed by atoms with Crippen LogP contribution in [0.5, 0.6) is 0 Å². The van der Waals surface area contributed by atoms with Gasteiger partial charge in [0.05, 0.1) is 24.7 Å². The van der Waals surface area contributed by atoms with Gasteiger partial charge >= 0.3 is 5.92 Å². The zero-order chi connectivity index (χ0) is 31.1. The Balaban J connectivity index is 1.39. The SMILES string of the molecule is O=C1[C@H](CC[C@H](O)c2ccc(F)cc2)[C@@H](c2ccc(C(F)(F)C3O[C@H](CO)[C@@H](O)[C@H](O)[C@H]3O)cc2)N1c1ccc(F)cc1. The molecule has 43 heavy (non-hydrogen) atoms. The van der Waals surface area contributed by atoms with Crippen LogP contribution in [-0.2, 0) is 15.5 Å². The Labute approximate surface area is 244 Å². The van der Waals surface area contributed by atoms with Gasteiger partial charge in [0, 0.05) is 11.3 Å². The average molecular weight is 606 g/mol. The second kappa shape index (κ2) is 12.3. The molecule has 5 rings (SSSR count). The maximum absolute atomic E-state index is 15.5. The predicted molar refractivity (Wildman–Crippen MR) is 145 cm³/mol. The van der Waals surface area contributed by atoms with Gasteiger partial charge < -0.3 is 35.2 Å². The van der Waals surface area contributed by atoms with Crippen molar-refractivity contribution in [3.8, 4) is 0 Å². The molecule has 0 spiro atoms. The van der Waals surface area contributed by atoms with Crippen LogP contribution in [0.2, 0.25) is 0 Å². The average Bonchev–Trinajstić information content (AvgIpc) is 3.00. The number of hydrogen-bond donors (Lipinski definition) is 5. The maximum atomic E-state index is 15.5. The lowest BCUT2D eigenvalue weighted by molar-refractivity contribution is -0.284. The third-order valence-corrected chi connectivity index (χ3v) is 8.21. The number of aliphatic hydroxyl groups is 5. The van der Waals surface area contributed by atoms with E-state index in [0.29, 0.717) is 16.8 Å². The van der Waals surface area contributed by atoms with Gasteiger partial charge in [-0.2, -0.15) is 8.78 Å². The molecule has 5 N–H and O–H groups in total. The van der Waals surface area contributed by atoms with Crippen molar-refractivity contribution in [3.63, 3.8) is 0 Å². The first-order valence-electron chi connectivity index (χ1n) is 13.7. The van der Waals surface area contributed by atoms with E-state index in [9.17, 15) is 39.1 Å². The number of rotatable bonds is 9. The van der Waals surface area contributed by atoms with Crippen LogP contribution < -0.4 is 4.90 Å². The summed E-state index contributed by atoms with van der Waals surface area (Å²) in [5.41, 5.74) is 0.753. The molecule has 12 heteroatoms. The van der Waals surface area contributed by atoms with Crippen molar-refractivity contribution >= 4 is 11.6 Å². The molecule has 230 valence electrons. The molecule has 1 unspecified atom stereocenters. The molecule has 3 aromatic rings. The Bertz CT molecular complexity index is 1410. The normalized spacial score (nSPS) is 28.4. The largest absolute Gasteiger partial charge is 0.394 e. The number of ether oxygens (including phenoxy) is 1. The van der Waals surface area contributed by atoms with Gasteiger partial charge in [0.25, 0.3) is 0 Å². The lowest BCUT2D eigenvalue weighted by Gasteiger charge is -2.48. The van der Waals surface area contributed by atoms with Crippen molar-refractivity contribution in [3.05, 3.63) is 101 Å². The number of hydrogen-bond acceptors (Lipinski definition) is 7. The second-order valence-electron chi connectivity index (χ2n) is 10.9. The summed E-state index contributed by atoms with van der Waals surface area (Å²) in [6.07, 6.45) is -10.3. The molecule has 2 aliphatic rings. The quantitative estimate of drug-likeness (QED) is 0.187. The minimum atomic E-state index is -3.85. The molecule has 0 bridgehead atoms. The predicted octanol–water partition coefficient (Wildman–Crippen LogP) is 3.12. The van der Waals surface area contributed by atoms with Gasteiger partial charge in [0.15, 0.2) is 6.10 Å². The monoisotopic (exact) mass is 605 g/mol. The number of amides is 1. The topological polar surface area (TPSA) is 131 Å². The Morgan fingerprint density at radius 2 is 1.42 bits per heavy atom. The Morgan fingerprint density at radius 1 is 0.837 bits per heavy atom. The highest BCUT2D eigenvalue weighted by molar-refractivity contribution is 6.03. The third kappa shape index (κ3) is 5.91. The number of benzene rings is 3. The van der Waals surface area contributed by atoms with E-state index in [4.69, 9.17) is 4.74 Å². The fourth-order valence-electron chi connectivity index (χ4n) is 5.76. The summed E-state index contributed by atoms with van der Waals surface area (Å²) in [4.78, 5) is 14.7. The van der Waals surface area contributed by atoms with Crippen molar-refractivity contribution in [1.29, 1.82) is 0 Å². The Hall–Kier alpha value is -3.39. The fraction of sp³-hybridized carbons (Fsp3) is 0.387. The third-order valence-electron chi connectivity index (χ3n) is 8.21. The van der Waals surface area contributed by atoms with E-state index in [1.807, 2.05) is 0 Å². The molecule has 1 amide bonds. The van der Waals surface area contributed by atoms with Gasteiger partial charge in [0.1, 0.15) is 36.1 Å². The molecule has 0 saturated carbocycles. The number of nitrogens with zero attached hydrogens (tertiary/aromatic N) is 1. The molecular weight excluding hydrogens is 574 g/mol. The lowest BCUT2D eigenvalue weighted by Crippen LogP contribution is -2.62. The van der Waals surface area contributed by atoms with Crippen LogP contribution in [-0.4, -0.2) is 68.6 Å². The highest BCUT2D eigenvalue weighted by Crippen LogP contribution is 2.47. The van der Waals surface area contributed by atoms with Gasteiger partial charge in [0.2, 0.25) is 5.91 Å². The van der Waals surface area contributed by atoms with Gasteiger partial charge in [-0.05, 0) is 60.4 Å². The summed E-state index contributed by atoms with van der Waals surface area (Å²) >= 11 is 0. The maximum Gasteiger partial charge on any atom is 0.301 e. The number of halogens is 4. The highest BCUT2D eigenvalue weighted by Gasteiger charge is 2.55. The van der Waals surface area contributed by atoms with Gasteiger partial charge in [-0.25, -0.2) is 8.78 Å². The van der Waals surface area contributed by atoms with Crippen molar-refractivity contribution < 1.29 is 52.6 Å². The minimum absolute atomic E-state index is 0.156. The fourth-order valence-corrected chi connectivity index (χ4v) is 5.76. The molecule has 0 aliphatic carbocycles. The van der Waals surface area contributed by atoms with Crippen LogP contribution in [0.25, 0.3) is 0 Å². The van der Waals surface area contributed by atoms with Gasteiger partial charge in [-0.1, -0.05) is 36.4 Å². The first-order chi connectivity index (χ1) is 20.4. The molecule has 0 aromatic heterocycles. The number of carbonyl (C=O) groups is 1. The van der Waals surface area contributed by atoms with Crippen molar-refractivity contribution in [2.45, 2.75) is 61.4 Å². The summed E-state index contributed by atoms with van der Waals surface area (Å²) in [5, 5.41) is 50.2. The van der Waals surface area contributed by atoms with E-state index >= 15 is 8.78 Å². The molecule has 8 nitrogen and oxygen atoms in total.